The molecule has 0 bridgehead atoms. The summed E-state index contributed by atoms with van der Waals surface area (Å²) in [6.45, 7) is 8.54. The number of benzene rings is 1. The zero-order chi connectivity index (χ0) is 10.6. The Balaban J connectivity index is 2.60. The van der Waals surface area contributed by atoms with Crippen molar-refractivity contribution in [2.45, 2.75) is 19.9 Å². The first-order valence-electron chi connectivity index (χ1n) is 4.73. The molecule has 1 nitrogen and oxygen atoms in total. The molecule has 0 radical (unpaired) electrons. The smallest absolute Gasteiger partial charge is 0.123 e. The molecule has 76 valence electrons. The maximum Gasteiger partial charge on any atom is 0.123 e. The molecule has 1 aromatic carbocycles. The SMILES string of the molecule is C=C(C)CNC(C)c1cccc(F)c1. The van der Waals surface area contributed by atoms with Crippen LogP contribution >= 0.6 is 0 Å². The standard InChI is InChI=1S/C12H16FN/c1-9(2)8-14-10(3)11-5-4-6-12(13)7-11/h4-7,10,14H,1,8H2,2-3H3. The summed E-state index contributed by atoms with van der Waals surface area (Å²) in [6.07, 6.45) is 0. The van der Waals surface area contributed by atoms with Crippen LogP contribution in [0.5, 0.6) is 0 Å². The van der Waals surface area contributed by atoms with Gasteiger partial charge in [0.2, 0.25) is 0 Å². The Kier molecular flexibility index (Phi) is 3.84. The minimum absolute atomic E-state index is 0.155. The molecule has 0 saturated heterocycles. The van der Waals surface area contributed by atoms with Gasteiger partial charge in [0.25, 0.3) is 0 Å². The molecule has 0 aliphatic rings. The fraction of sp³-hybridized carbons (Fsp3) is 0.333. The van der Waals surface area contributed by atoms with Crippen LogP contribution in [0, 0.1) is 5.82 Å². The Morgan fingerprint density at radius 3 is 2.86 bits per heavy atom. The largest absolute Gasteiger partial charge is 0.306 e. The molecule has 14 heavy (non-hydrogen) atoms. The Labute approximate surface area is 84.6 Å². The summed E-state index contributed by atoms with van der Waals surface area (Å²) < 4.78 is 12.9. The molecule has 1 N–H and O–H groups in total. The van der Waals surface area contributed by atoms with Crippen molar-refractivity contribution < 1.29 is 4.39 Å². The predicted molar refractivity (Wildman–Crippen MR) is 57.6 cm³/mol. The fourth-order valence-electron chi connectivity index (χ4n) is 1.22. The first-order valence-corrected chi connectivity index (χ1v) is 4.73. The Morgan fingerprint density at radius 1 is 1.57 bits per heavy atom. The summed E-state index contributed by atoms with van der Waals surface area (Å²) in [6, 6.07) is 6.80. The van der Waals surface area contributed by atoms with Crippen LogP contribution in [0.4, 0.5) is 4.39 Å². The Bertz CT molecular complexity index is 320. The second-order valence-corrected chi connectivity index (χ2v) is 3.61. The van der Waals surface area contributed by atoms with Crippen molar-refractivity contribution in [1.82, 2.24) is 5.32 Å². The zero-order valence-corrected chi connectivity index (χ0v) is 8.68. The van der Waals surface area contributed by atoms with Gasteiger partial charge in [-0.15, -0.1) is 0 Å². The van der Waals surface area contributed by atoms with Crippen LogP contribution in [-0.2, 0) is 0 Å². The average Bonchev–Trinajstić information content (AvgIpc) is 2.14. The first kappa shape index (κ1) is 10.9. The van der Waals surface area contributed by atoms with Gasteiger partial charge in [-0.1, -0.05) is 24.3 Å². The van der Waals surface area contributed by atoms with Gasteiger partial charge < -0.3 is 5.32 Å². The van der Waals surface area contributed by atoms with Gasteiger partial charge in [-0.2, -0.15) is 0 Å². The molecule has 1 unspecified atom stereocenters. The van der Waals surface area contributed by atoms with E-state index in [1.807, 2.05) is 19.9 Å². The number of hydrogen-bond acceptors (Lipinski definition) is 1. The van der Waals surface area contributed by atoms with Crippen molar-refractivity contribution in [3.63, 3.8) is 0 Å². The van der Waals surface area contributed by atoms with E-state index in [2.05, 4.69) is 11.9 Å². The van der Waals surface area contributed by atoms with E-state index in [9.17, 15) is 4.39 Å². The van der Waals surface area contributed by atoms with Crippen LogP contribution in [0.15, 0.2) is 36.4 Å². The lowest BCUT2D eigenvalue weighted by Crippen LogP contribution is -2.20. The first-order chi connectivity index (χ1) is 6.59. The summed E-state index contributed by atoms with van der Waals surface area (Å²) >= 11 is 0. The highest BCUT2D eigenvalue weighted by molar-refractivity contribution is 5.19. The van der Waals surface area contributed by atoms with Crippen LogP contribution in [0.2, 0.25) is 0 Å². The lowest BCUT2D eigenvalue weighted by atomic mass is 10.1. The van der Waals surface area contributed by atoms with Crippen LogP contribution in [0.1, 0.15) is 25.5 Å². The van der Waals surface area contributed by atoms with Crippen LogP contribution < -0.4 is 5.32 Å². The molecule has 1 atom stereocenters. The summed E-state index contributed by atoms with van der Waals surface area (Å²) in [7, 11) is 0. The number of rotatable bonds is 4. The Hall–Kier alpha value is -1.15. The molecule has 0 spiro atoms. The van der Waals surface area contributed by atoms with E-state index in [0.717, 1.165) is 17.7 Å². The minimum atomic E-state index is -0.188. The Morgan fingerprint density at radius 2 is 2.29 bits per heavy atom. The predicted octanol–water partition coefficient (Wildman–Crippen LogP) is 3.05. The van der Waals surface area contributed by atoms with Gasteiger partial charge >= 0.3 is 0 Å². The van der Waals surface area contributed by atoms with E-state index in [-0.39, 0.29) is 11.9 Å². The van der Waals surface area contributed by atoms with Gasteiger partial charge in [0.1, 0.15) is 5.82 Å². The third kappa shape index (κ3) is 3.30. The van der Waals surface area contributed by atoms with E-state index >= 15 is 0 Å². The molecule has 0 aliphatic heterocycles. The van der Waals surface area contributed by atoms with E-state index in [1.54, 1.807) is 12.1 Å². The molecule has 0 amide bonds. The average molecular weight is 193 g/mol. The molecular formula is C12H16FN. The van der Waals surface area contributed by atoms with Gasteiger partial charge in [0.05, 0.1) is 0 Å². The van der Waals surface area contributed by atoms with Gasteiger partial charge in [0, 0.05) is 12.6 Å². The van der Waals surface area contributed by atoms with Crippen molar-refractivity contribution in [3.8, 4) is 0 Å². The third-order valence-corrected chi connectivity index (χ3v) is 2.06. The monoisotopic (exact) mass is 193 g/mol. The molecule has 1 aromatic rings. The number of halogens is 1. The van der Waals surface area contributed by atoms with E-state index in [0.29, 0.717) is 0 Å². The maximum atomic E-state index is 12.9. The molecule has 0 saturated carbocycles. The van der Waals surface area contributed by atoms with Crippen molar-refractivity contribution in [2.75, 3.05) is 6.54 Å². The van der Waals surface area contributed by atoms with Crippen LogP contribution in [-0.4, -0.2) is 6.54 Å². The molecule has 0 fully saturated rings. The van der Waals surface area contributed by atoms with Crippen molar-refractivity contribution in [1.29, 1.82) is 0 Å². The number of nitrogens with one attached hydrogen (secondary N) is 1. The van der Waals surface area contributed by atoms with Crippen molar-refractivity contribution in [2.24, 2.45) is 0 Å². The van der Waals surface area contributed by atoms with Gasteiger partial charge in [-0.3, -0.25) is 0 Å². The third-order valence-electron chi connectivity index (χ3n) is 2.06. The van der Waals surface area contributed by atoms with E-state index in [1.165, 1.54) is 6.07 Å². The fourth-order valence-corrected chi connectivity index (χ4v) is 1.22. The topological polar surface area (TPSA) is 12.0 Å². The van der Waals surface area contributed by atoms with E-state index < -0.39 is 0 Å². The van der Waals surface area contributed by atoms with Gasteiger partial charge in [0.15, 0.2) is 0 Å². The second-order valence-electron chi connectivity index (χ2n) is 3.61. The van der Waals surface area contributed by atoms with E-state index in [4.69, 9.17) is 0 Å². The lowest BCUT2D eigenvalue weighted by Gasteiger charge is -2.14. The van der Waals surface area contributed by atoms with Crippen molar-refractivity contribution >= 4 is 0 Å². The molecule has 1 rings (SSSR count). The highest BCUT2D eigenvalue weighted by Crippen LogP contribution is 2.13. The zero-order valence-electron chi connectivity index (χ0n) is 8.68. The number of hydrogen-bond donors (Lipinski definition) is 1. The van der Waals surface area contributed by atoms with Crippen molar-refractivity contribution in [3.05, 3.63) is 47.8 Å². The molecule has 2 heteroatoms. The lowest BCUT2D eigenvalue weighted by molar-refractivity contribution is 0.589. The van der Waals surface area contributed by atoms with Crippen LogP contribution in [0.25, 0.3) is 0 Å². The van der Waals surface area contributed by atoms with Gasteiger partial charge in [-0.05, 0) is 31.5 Å². The summed E-state index contributed by atoms with van der Waals surface area (Å²) in [5.74, 6) is -0.188. The highest BCUT2D eigenvalue weighted by atomic mass is 19.1. The summed E-state index contributed by atoms with van der Waals surface area (Å²) in [4.78, 5) is 0. The highest BCUT2D eigenvalue weighted by Gasteiger charge is 2.04. The quantitative estimate of drug-likeness (QED) is 0.725. The maximum absolute atomic E-state index is 12.9. The second kappa shape index (κ2) is 4.91. The van der Waals surface area contributed by atoms with Gasteiger partial charge in [-0.25, -0.2) is 4.39 Å². The summed E-state index contributed by atoms with van der Waals surface area (Å²) in [5.41, 5.74) is 2.04. The minimum Gasteiger partial charge on any atom is -0.306 e. The molecule has 0 aliphatic carbocycles. The van der Waals surface area contributed by atoms with Crippen LogP contribution in [0.3, 0.4) is 0 Å². The molecule has 0 heterocycles. The normalized spacial score (nSPS) is 12.5. The summed E-state index contributed by atoms with van der Waals surface area (Å²) in [5, 5.41) is 3.26. The molecular weight excluding hydrogens is 177 g/mol. The molecule has 0 aromatic heterocycles.